The highest BCUT2D eigenvalue weighted by Gasteiger charge is 2.46. The van der Waals surface area contributed by atoms with E-state index in [1.54, 1.807) is 6.92 Å². The van der Waals surface area contributed by atoms with Gasteiger partial charge in [-0.1, -0.05) is 5.92 Å². The zero-order chi connectivity index (χ0) is 20.8. The highest BCUT2D eigenvalue weighted by molar-refractivity contribution is 7.91. The molecule has 0 saturated carbocycles. The summed E-state index contributed by atoms with van der Waals surface area (Å²) in [5.41, 5.74) is -1.45. The lowest BCUT2D eigenvalue weighted by Crippen LogP contribution is -2.49. The molecular formula is C19H23NO7S. The molecule has 0 radical (unpaired) electrons. The van der Waals surface area contributed by atoms with Crippen molar-refractivity contribution in [3.05, 3.63) is 24.3 Å². The van der Waals surface area contributed by atoms with Crippen LogP contribution in [0.25, 0.3) is 0 Å². The molecule has 1 heterocycles. The van der Waals surface area contributed by atoms with E-state index < -0.39 is 33.1 Å². The third-order valence-electron chi connectivity index (χ3n) is 4.74. The number of piperidine rings is 1. The topological polar surface area (TPSA) is 110 Å². The normalized spacial score (nSPS) is 15.9. The first-order valence-corrected chi connectivity index (χ1v) is 10.3. The van der Waals surface area contributed by atoms with Crippen LogP contribution in [-0.4, -0.2) is 63.0 Å². The van der Waals surface area contributed by atoms with Gasteiger partial charge in [-0.3, -0.25) is 4.79 Å². The van der Waals surface area contributed by atoms with Crippen molar-refractivity contribution in [1.82, 2.24) is 4.90 Å². The first-order chi connectivity index (χ1) is 13.2. The van der Waals surface area contributed by atoms with Crippen molar-refractivity contribution < 1.29 is 32.6 Å². The second-order valence-electron chi connectivity index (χ2n) is 6.49. The number of carboxylic acid groups (broad SMARTS) is 1. The second-order valence-corrected chi connectivity index (χ2v) is 8.48. The molecule has 2 rings (SSSR count). The summed E-state index contributed by atoms with van der Waals surface area (Å²) in [4.78, 5) is 24.9. The average molecular weight is 409 g/mol. The van der Waals surface area contributed by atoms with Crippen LogP contribution in [0.5, 0.6) is 5.75 Å². The third kappa shape index (κ3) is 4.95. The maximum Gasteiger partial charge on any atom is 0.409 e. The number of nitrogens with zero attached hydrogens (tertiary/aromatic N) is 1. The molecule has 1 aromatic rings. The van der Waals surface area contributed by atoms with Crippen molar-refractivity contribution in [2.24, 2.45) is 5.41 Å². The number of hydrogen-bond donors (Lipinski definition) is 1. The molecule has 9 heteroatoms. The molecule has 0 bridgehead atoms. The Hall–Kier alpha value is -2.73. The zero-order valence-corrected chi connectivity index (χ0v) is 16.6. The zero-order valence-electron chi connectivity index (χ0n) is 15.8. The van der Waals surface area contributed by atoms with Crippen LogP contribution in [0.15, 0.2) is 29.2 Å². The number of sulfone groups is 1. The van der Waals surface area contributed by atoms with E-state index in [-0.39, 0.29) is 37.4 Å². The number of aliphatic carboxylic acids is 1. The van der Waals surface area contributed by atoms with Crippen molar-refractivity contribution >= 4 is 21.9 Å². The van der Waals surface area contributed by atoms with Gasteiger partial charge >= 0.3 is 12.1 Å². The fourth-order valence-corrected chi connectivity index (χ4v) is 4.91. The number of carboxylic acids is 1. The van der Waals surface area contributed by atoms with Gasteiger partial charge in [-0.25, -0.2) is 13.2 Å². The molecule has 1 aliphatic rings. The fraction of sp³-hybridized carbons (Fsp3) is 0.474. The molecule has 8 nitrogen and oxygen atoms in total. The van der Waals surface area contributed by atoms with Crippen LogP contribution in [0.4, 0.5) is 4.79 Å². The number of ether oxygens (including phenoxy) is 2. The molecule has 28 heavy (non-hydrogen) atoms. The molecule has 1 fully saturated rings. The van der Waals surface area contributed by atoms with E-state index in [1.807, 2.05) is 0 Å². The quantitative estimate of drug-likeness (QED) is 0.713. The predicted octanol–water partition coefficient (Wildman–Crippen LogP) is 1.80. The van der Waals surface area contributed by atoms with Crippen molar-refractivity contribution in [2.45, 2.75) is 24.7 Å². The van der Waals surface area contributed by atoms with Crippen molar-refractivity contribution in [1.29, 1.82) is 0 Å². The number of hydrogen-bond acceptors (Lipinski definition) is 6. The second kappa shape index (κ2) is 8.97. The number of carbonyl (C=O) groups is 2. The summed E-state index contributed by atoms with van der Waals surface area (Å²) in [7, 11) is -2.60. The lowest BCUT2D eigenvalue weighted by Gasteiger charge is -2.37. The first kappa shape index (κ1) is 21.6. The molecule has 0 aromatic heterocycles. The number of benzene rings is 1. The summed E-state index contributed by atoms with van der Waals surface area (Å²) in [6.07, 6.45) is -0.480. The van der Waals surface area contributed by atoms with Crippen molar-refractivity contribution in [2.75, 3.05) is 32.6 Å². The van der Waals surface area contributed by atoms with Gasteiger partial charge in [0.25, 0.3) is 0 Å². The molecule has 0 unspecified atom stereocenters. The summed E-state index contributed by atoms with van der Waals surface area (Å²) in [5.74, 6) is 4.18. The largest absolute Gasteiger partial charge is 0.481 e. The van der Waals surface area contributed by atoms with E-state index in [9.17, 15) is 23.1 Å². The van der Waals surface area contributed by atoms with Crippen molar-refractivity contribution in [3.8, 4) is 17.6 Å². The molecule has 0 aliphatic carbocycles. The Bertz CT molecular complexity index is 873. The molecule has 1 amide bonds. The number of methoxy groups -OCH3 is 1. The van der Waals surface area contributed by atoms with Gasteiger partial charge in [-0.15, -0.1) is 5.92 Å². The van der Waals surface area contributed by atoms with Crippen LogP contribution in [0.1, 0.15) is 19.8 Å². The monoisotopic (exact) mass is 409 g/mol. The molecule has 1 saturated heterocycles. The first-order valence-electron chi connectivity index (χ1n) is 8.65. The lowest BCUT2D eigenvalue weighted by molar-refractivity contribution is -0.150. The summed E-state index contributed by atoms with van der Waals surface area (Å²) in [6, 6.07) is 5.81. The number of amides is 1. The minimum atomic E-state index is -3.85. The van der Waals surface area contributed by atoms with Gasteiger partial charge in [-0.2, -0.15) is 0 Å². The van der Waals surface area contributed by atoms with E-state index >= 15 is 0 Å². The average Bonchev–Trinajstić information content (AvgIpc) is 2.68. The Morgan fingerprint density at radius 2 is 1.82 bits per heavy atom. The fourth-order valence-electron chi connectivity index (χ4n) is 3.05. The molecular weight excluding hydrogens is 386 g/mol. The maximum absolute atomic E-state index is 12.8. The van der Waals surface area contributed by atoms with Gasteiger partial charge in [0.1, 0.15) is 12.4 Å². The van der Waals surface area contributed by atoms with Gasteiger partial charge in [0.15, 0.2) is 9.84 Å². The van der Waals surface area contributed by atoms with E-state index in [2.05, 4.69) is 16.6 Å². The van der Waals surface area contributed by atoms with Crippen LogP contribution in [0.2, 0.25) is 0 Å². The SMILES string of the molecule is CC#CCOc1ccc(S(=O)(=O)CC2(C(=O)O)CCN(C(=O)OC)CC2)cc1. The number of rotatable bonds is 6. The van der Waals surface area contributed by atoms with Gasteiger partial charge in [0.2, 0.25) is 0 Å². The highest BCUT2D eigenvalue weighted by atomic mass is 32.2. The third-order valence-corrected chi connectivity index (χ3v) is 6.67. The highest BCUT2D eigenvalue weighted by Crippen LogP contribution is 2.35. The summed E-state index contributed by atoms with van der Waals surface area (Å²) >= 11 is 0. The number of carbonyl (C=O) groups excluding carboxylic acids is 1. The molecule has 1 aromatic carbocycles. The predicted molar refractivity (Wildman–Crippen MR) is 101 cm³/mol. The Morgan fingerprint density at radius 3 is 2.32 bits per heavy atom. The molecule has 152 valence electrons. The van der Waals surface area contributed by atoms with E-state index in [4.69, 9.17) is 4.74 Å². The van der Waals surface area contributed by atoms with Crippen LogP contribution in [0, 0.1) is 17.3 Å². The van der Waals surface area contributed by atoms with E-state index in [1.165, 1.54) is 36.3 Å². The lowest BCUT2D eigenvalue weighted by atomic mass is 9.80. The molecule has 0 spiro atoms. The Morgan fingerprint density at radius 1 is 1.21 bits per heavy atom. The molecule has 0 atom stereocenters. The van der Waals surface area contributed by atoms with Crippen molar-refractivity contribution in [3.63, 3.8) is 0 Å². The standard InChI is InChI=1S/C19H23NO7S/c1-3-4-13-27-15-5-7-16(8-6-15)28(24,25)14-19(17(21)22)9-11-20(12-10-19)18(23)26-2/h5-8H,9-14H2,1-2H3,(H,21,22). The van der Waals surface area contributed by atoms with Crippen LogP contribution in [0.3, 0.4) is 0 Å². The van der Waals surface area contributed by atoms with Crippen LogP contribution < -0.4 is 4.74 Å². The van der Waals surface area contributed by atoms with E-state index in [0.717, 1.165) is 0 Å². The smallest absolute Gasteiger partial charge is 0.409 e. The summed E-state index contributed by atoms with van der Waals surface area (Å²) in [5, 5.41) is 9.71. The van der Waals surface area contributed by atoms with Crippen LogP contribution in [-0.2, 0) is 19.4 Å². The van der Waals surface area contributed by atoms with Crippen LogP contribution >= 0.6 is 0 Å². The molecule has 1 N–H and O–H groups in total. The maximum atomic E-state index is 12.8. The molecule has 1 aliphatic heterocycles. The van der Waals surface area contributed by atoms with Gasteiger partial charge in [-0.05, 0) is 44.0 Å². The van der Waals surface area contributed by atoms with E-state index in [0.29, 0.717) is 5.75 Å². The van der Waals surface area contributed by atoms with Gasteiger partial charge < -0.3 is 19.5 Å². The summed E-state index contributed by atoms with van der Waals surface area (Å²) in [6.45, 7) is 2.13. The Balaban J connectivity index is 2.14. The van der Waals surface area contributed by atoms with Gasteiger partial charge in [0.05, 0.1) is 23.2 Å². The van der Waals surface area contributed by atoms with Gasteiger partial charge in [0, 0.05) is 13.1 Å². The Labute approximate surface area is 164 Å². The summed E-state index contributed by atoms with van der Waals surface area (Å²) < 4.78 is 35.6. The minimum absolute atomic E-state index is 0.0254. The number of likely N-dealkylation sites (tertiary alicyclic amines) is 1. The Kier molecular flexibility index (Phi) is 6.91. The minimum Gasteiger partial charge on any atom is -0.481 e.